The SMILES string of the molecule is Cc1ccc(C(C)NC(=O)CNc2ccc(OC(F)F)cc2)cc1C. The van der Waals surface area contributed by atoms with Crippen LogP contribution in [0.15, 0.2) is 42.5 Å². The Morgan fingerprint density at radius 1 is 1.08 bits per heavy atom. The lowest BCUT2D eigenvalue weighted by atomic mass is 10.0. The topological polar surface area (TPSA) is 50.4 Å². The van der Waals surface area contributed by atoms with Crippen LogP contribution in [0.5, 0.6) is 5.75 Å². The van der Waals surface area contributed by atoms with Crippen molar-refractivity contribution in [2.24, 2.45) is 0 Å². The molecule has 0 spiro atoms. The summed E-state index contributed by atoms with van der Waals surface area (Å²) in [5.41, 5.74) is 4.09. The lowest BCUT2D eigenvalue weighted by Crippen LogP contribution is -2.32. The number of carbonyl (C=O) groups excluding carboxylic acids is 1. The normalized spacial score (nSPS) is 11.9. The van der Waals surface area contributed by atoms with E-state index in [1.807, 2.05) is 32.9 Å². The van der Waals surface area contributed by atoms with Crippen molar-refractivity contribution < 1.29 is 18.3 Å². The second-order valence-electron chi connectivity index (χ2n) is 5.89. The summed E-state index contributed by atoms with van der Waals surface area (Å²) in [4.78, 5) is 12.1. The van der Waals surface area contributed by atoms with E-state index in [9.17, 15) is 13.6 Å². The van der Waals surface area contributed by atoms with E-state index in [2.05, 4.69) is 21.4 Å². The van der Waals surface area contributed by atoms with Gasteiger partial charge in [-0.25, -0.2) is 0 Å². The van der Waals surface area contributed by atoms with Crippen molar-refractivity contribution in [3.63, 3.8) is 0 Å². The van der Waals surface area contributed by atoms with Gasteiger partial charge in [0.2, 0.25) is 5.91 Å². The van der Waals surface area contributed by atoms with Gasteiger partial charge < -0.3 is 15.4 Å². The van der Waals surface area contributed by atoms with E-state index in [-0.39, 0.29) is 24.2 Å². The van der Waals surface area contributed by atoms with Crippen LogP contribution >= 0.6 is 0 Å². The van der Waals surface area contributed by atoms with E-state index in [0.717, 1.165) is 5.56 Å². The lowest BCUT2D eigenvalue weighted by molar-refractivity contribution is -0.120. The average Bonchev–Trinajstić information content (AvgIpc) is 2.56. The molecule has 0 heterocycles. The molecular formula is C19H22F2N2O2. The molecule has 2 aromatic rings. The molecule has 0 aliphatic rings. The number of carbonyl (C=O) groups is 1. The summed E-state index contributed by atoms with van der Waals surface area (Å²) in [7, 11) is 0. The second kappa shape index (κ2) is 8.46. The monoisotopic (exact) mass is 348 g/mol. The van der Waals surface area contributed by atoms with Gasteiger partial charge in [-0.15, -0.1) is 0 Å². The van der Waals surface area contributed by atoms with Crippen LogP contribution in [-0.2, 0) is 4.79 Å². The van der Waals surface area contributed by atoms with Gasteiger partial charge in [-0.1, -0.05) is 18.2 Å². The number of hydrogen-bond acceptors (Lipinski definition) is 3. The minimum Gasteiger partial charge on any atom is -0.435 e. The first kappa shape index (κ1) is 18.7. The number of aryl methyl sites for hydroxylation is 2. The molecule has 0 saturated carbocycles. The van der Waals surface area contributed by atoms with Crippen molar-refractivity contribution in [3.8, 4) is 5.75 Å². The maximum Gasteiger partial charge on any atom is 0.387 e. The number of halogens is 2. The number of hydrogen-bond donors (Lipinski definition) is 2. The molecule has 6 heteroatoms. The summed E-state index contributed by atoms with van der Waals surface area (Å²) in [6.07, 6.45) is 0. The van der Waals surface area contributed by atoms with E-state index in [1.165, 1.54) is 23.3 Å². The Bertz CT molecular complexity index is 718. The molecule has 2 rings (SSSR count). The van der Waals surface area contributed by atoms with Gasteiger partial charge >= 0.3 is 6.61 Å². The summed E-state index contributed by atoms with van der Waals surface area (Å²) < 4.78 is 28.5. The molecule has 25 heavy (non-hydrogen) atoms. The number of alkyl halides is 2. The molecule has 1 amide bonds. The molecule has 1 atom stereocenters. The third kappa shape index (κ3) is 5.74. The number of nitrogens with one attached hydrogen (secondary N) is 2. The fourth-order valence-corrected chi connectivity index (χ4v) is 2.35. The highest BCUT2D eigenvalue weighted by atomic mass is 19.3. The van der Waals surface area contributed by atoms with Crippen LogP contribution in [-0.4, -0.2) is 19.1 Å². The third-order valence-corrected chi connectivity index (χ3v) is 3.94. The minimum atomic E-state index is -2.85. The number of rotatable bonds is 7. The predicted molar refractivity (Wildman–Crippen MR) is 94.0 cm³/mol. The van der Waals surface area contributed by atoms with Crippen LogP contribution in [0.1, 0.15) is 29.7 Å². The molecule has 0 aliphatic heterocycles. The molecule has 4 nitrogen and oxygen atoms in total. The van der Waals surface area contributed by atoms with Crippen LogP contribution in [0, 0.1) is 13.8 Å². The van der Waals surface area contributed by atoms with Gasteiger partial charge in [0.15, 0.2) is 0 Å². The molecule has 1 unspecified atom stereocenters. The first-order valence-corrected chi connectivity index (χ1v) is 8.00. The minimum absolute atomic E-state index is 0.0772. The molecule has 0 aromatic heterocycles. The molecular weight excluding hydrogens is 326 g/mol. The summed E-state index contributed by atoms with van der Waals surface area (Å²) in [5, 5.41) is 5.87. The summed E-state index contributed by atoms with van der Waals surface area (Å²) >= 11 is 0. The van der Waals surface area contributed by atoms with Gasteiger partial charge in [0.05, 0.1) is 12.6 Å². The van der Waals surface area contributed by atoms with E-state index in [0.29, 0.717) is 5.69 Å². The first-order valence-electron chi connectivity index (χ1n) is 8.00. The van der Waals surface area contributed by atoms with Gasteiger partial charge in [0.25, 0.3) is 0 Å². The number of ether oxygens (including phenoxy) is 1. The van der Waals surface area contributed by atoms with Gasteiger partial charge in [-0.3, -0.25) is 4.79 Å². The molecule has 0 fully saturated rings. The Morgan fingerprint density at radius 3 is 2.36 bits per heavy atom. The Balaban J connectivity index is 1.84. The zero-order chi connectivity index (χ0) is 18.4. The van der Waals surface area contributed by atoms with Crippen molar-refractivity contribution in [1.82, 2.24) is 5.32 Å². The Morgan fingerprint density at radius 2 is 1.76 bits per heavy atom. The Hall–Kier alpha value is -2.63. The summed E-state index contributed by atoms with van der Waals surface area (Å²) in [6, 6.07) is 12.0. The molecule has 0 radical (unpaired) electrons. The van der Waals surface area contributed by atoms with Crippen LogP contribution in [0.25, 0.3) is 0 Å². The average molecular weight is 348 g/mol. The predicted octanol–water partition coefficient (Wildman–Crippen LogP) is 4.19. The quantitative estimate of drug-likeness (QED) is 0.789. The zero-order valence-corrected chi connectivity index (χ0v) is 14.5. The van der Waals surface area contributed by atoms with E-state index >= 15 is 0 Å². The van der Waals surface area contributed by atoms with Crippen LogP contribution in [0.3, 0.4) is 0 Å². The van der Waals surface area contributed by atoms with Crippen molar-refractivity contribution in [2.45, 2.75) is 33.4 Å². The van der Waals surface area contributed by atoms with E-state index in [1.54, 1.807) is 12.1 Å². The molecule has 0 saturated heterocycles. The van der Waals surface area contributed by atoms with Gasteiger partial charge in [0.1, 0.15) is 5.75 Å². The summed E-state index contributed by atoms with van der Waals surface area (Å²) in [6.45, 7) is 3.25. The number of amides is 1. The molecule has 0 bridgehead atoms. The van der Waals surface area contributed by atoms with Gasteiger partial charge in [-0.05, 0) is 61.7 Å². The largest absolute Gasteiger partial charge is 0.435 e. The zero-order valence-electron chi connectivity index (χ0n) is 14.5. The van der Waals surface area contributed by atoms with Gasteiger partial charge in [0, 0.05) is 5.69 Å². The fraction of sp³-hybridized carbons (Fsp3) is 0.316. The smallest absolute Gasteiger partial charge is 0.387 e. The highest BCUT2D eigenvalue weighted by Gasteiger charge is 2.10. The molecule has 2 N–H and O–H groups in total. The number of benzene rings is 2. The van der Waals surface area contributed by atoms with Gasteiger partial charge in [-0.2, -0.15) is 8.78 Å². The molecule has 0 aliphatic carbocycles. The summed E-state index contributed by atoms with van der Waals surface area (Å²) in [5.74, 6) is -0.0769. The molecule has 2 aromatic carbocycles. The Kier molecular flexibility index (Phi) is 6.33. The Labute approximate surface area is 146 Å². The maximum absolute atomic E-state index is 12.1. The van der Waals surface area contributed by atoms with E-state index in [4.69, 9.17) is 0 Å². The van der Waals surface area contributed by atoms with Crippen molar-refractivity contribution >= 4 is 11.6 Å². The van der Waals surface area contributed by atoms with Crippen LogP contribution in [0.2, 0.25) is 0 Å². The lowest BCUT2D eigenvalue weighted by Gasteiger charge is -2.16. The highest BCUT2D eigenvalue weighted by Crippen LogP contribution is 2.18. The van der Waals surface area contributed by atoms with Crippen molar-refractivity contribution in [2.75, 3.05) is 11.9 Å². The van der Waals surface area contributed by atoms with E-state index < -0.39 is 6.61 Å². The highest BCUT2D eigenvalue weighted by molar-refractivity contribution is 5.81. The van der Waals surface area contributed by atoms with Crippen molar-refractivity contribution in [1.29, 1.82) is 0 Å². The van der Waals surface area contributed by atoms with Crippen molar-refractivity contribution in [3.05, 3.63) is 59.2 Å². The maximum atomic E-state index is 12.1. The van der Waals surface area contributed by atoms with Crippen LogP contribution in [0.4, 0.5) is 14.5 Å². The third-order valence-electron chi connectivity index (χ3n) is 3.94. The van der Waals surface area contributed by atoms with Crippen LogP contribution < -0.4 is 15.4 Å². The molecule has 134 valence electrons. The fourth-order valence-electron chi connectivity index (χ4n) is 2.35. The number of anilines is 1. The first-order chi connectivity index (χ1) is 11.8. The standard InChI is InChI=1S/C19H22F2N2O2/c1-12-4-5-15(10-13(12)2)14(3)23-18(24)11-22-16-6-8-17(9-7-16)25-19(20)21/h4-10,14,19,22H,11H2,1-3H3,(H,23,24). The second-order valence-corrected chi connectivity index (χ2v) is 5.89.